The van der Waals surface area contributed by atoms with Crippen LogP contribution in [0.1, 0.15) is 10.4 Å². The van der Waals surface area contributed by atoms with E-state index in [0.29, 0.717) is 37.6 Å². The fourth-order valence-corrected chi connectivity index (χ4v) is 3.26. The van der Waals surface area contributed by atoms with E-state index in [1.165, 1.54) is 0 Å². The molecule has 6 nitrogen and oxygen atoms in total. The second kappa shape index (κ2) is 7.75. The zero-order valence-corrected chi connectivity index (χ0v) is 14.8. The van der Waals surface area contributed by atoms with Crippen LogP contribution in [0.2, 0.25) is 0 Å². The SMILES string of the molecule is O=C1NCCn2c(-c3ccc(OCCOCCF)cc3)nc3cccc1c32. The zero-order valence-electron chi connectivity index (χ0n) is 14.8. The molecule has 27 heavy (non-hydrogen) atoms. The number of nitrogens with one attached hydrogen (secondary N) is 1. The first kappa shape index (κ1) is 17.5. The monoisotopic (exact) mass is 369 g/mol. The molecule has 0 radical (unpaired) electrons. The van der Waals surface area contributed by atoms with E-state index >= 15 is 0 Å². The number of imidazole rings is 1. The van der Waals surface area contributed by atoms with E-state index in [9.17, 15) is 9.18 Å². The van der Waals surface area contributed by atoms with E-state index in [4.69, 9.17) is 14.5 Å². The van der Waals surface area contributed by atoms with Gasteiger partial charge in [0.1, 0.15) is 24.9 Å². The van der Waals surface area contributed by atoms with E-state index in [-0.39, 0.29) is 12.5 Å². The van der Waals surface area contributed by atoms with Crippen molar-refractivity contribution in [3.8, 4) is 17.1 Å². The van der Waals surface area contributed by atoms with E-state index in [2.05, 4.69) is 9.88 Å². The van der Waals surface area contributed by atoms with Gasteiger partial charge in [-0.15, -0.1) is 0 Å². The highest BCUT2D eigenvalue weighted by Crippen LogP contribution is 2.29. The molecule has 140 valence electrons. The van der Waals surface area contributed by atoms with Gasteiger partial charge in [-0.05, 0) is 36.4 Å². The van der Waals surface area contributed by atoms with Crippen molar-refractivity contribution in [1.82, 2.24) is 14.9 Å². The highest BCUT2D eigenvalue weighted by atomic mass is 19.1. The van der Waals surface area contributed by atoms with E-state index in [0.717, 1.165) is 22.4 Å². The summed E-state index contributed by atoms with van der Waals surface area (Å²) < 4.78 is 24.7. The summed E-state index contributed by atoms with van der Waals surface area (Å²) in [5.41, 5.74) is 3.28. The van der Waals surface area contributed by atoms with Crippen molar-refractivity contribution < 1.29 is 18.7 Å². The maximum atomic E-state index is 12.2. The lowest BCUT2D eigenvalue weighted by Crippen LogP contribution is -2.24. The third kappa shape index (κ3) is 3.50. The third-order valence-electron chi connectivity index (χ3n) is 4.46. The molecule has 2 aromatic carbocycles. The number of hydrogen-bond donors (Lipinski definition) is 1. The molecule has 1 aromatic heterocycles. The minimum Gasteiger partial charge on any atom is -0.491 e. The molecule has 0 spiro atoms. The highest BCUT2D eigenvalue weighted by molar-refractivity contribution is 6.06. The molecule has 4 rings (SSSR count). The van der Waals surface area contributed by atoms with Gasteiger partial charge in [0, 0.05) is 18.7 Å². The summed E-state index contributed by atoms with van der Waals surface area (Å²) in [7, 11) is 0. The minimum absolute atomic E-state index is 0.0653. The van der Waals surface area contributed by atoms with Gasteiger partial charge in [-0.25, -0.2) is 9.37 Å². The van der Waals surface area contributed by atoms with Gasteiger partial charge in [0.05, 0.1) is 29.8 Å². The van der Waals surface area contributed by atoms with Crippen LogP contribution < -0.4 is 10.1 Å². The Morgan fingerprint density at radius 3 is 2.78 bits per heavy atom. The summed E-state index contributed by atoms with van der Waals surface area (Å²) in [6, 6.07) is 13.2. The number of para-hydroxylation sites is 1. The van der Waals surface area contributed by atoms with Crippen LogP contribution in [0, 0.1) is 0 Å². The minimum atomic E-state index is -0.488. The van der Waals surface area contributed by atoms with Crippen molar-refractivity contribution in [3.63, 3.8) is 0 Å². The predicted molar refractivity (Wildman–Crippen MR) is 99.8 cm³/mol. The van der Waals surface area contributed by atoms with Crippen LogP contribution in [0.3, 0.4) is 0 Å². The Hall–Kier alpha value is -2.93. The van der Waals surface area contributed by atoms with Crippen LogP contribution in [0.15, 0.2) is 42.5 Å². The Labute approximate surface area is 155 Å². The molecule has 0 unspecified atom stereocenters. The molecule has 1 aliphatic heterocycles. The Morgan fingerprint density at radius 1 is 1.11 bits per heavy atom. The molecule has 3 aromatic rings. The maximum absolute atomic E-state index is 12.2. The number of benzene rings is 2. The summed E-state index contributed by atoms with van der Waals surface area (Å²) in [6.07, 6.45) is 0. The smallest absolute Gasteiger partial charge is 0.253 e. The van der Waals surface area contributed by atoms with Crippen LogP contribution in [0.4, 0.5) is 4.39 Å². The molecule has 0 fully saturated rings. The number of carbonyl (C=O) groups is 1. The molecule has 1 N–H and O–H groups in total. The zero-order chi connectivity index (χ0) is 18.6. The Bertz CT molecular complexity index is 953. The van der Waals surface area contributed by atoms with Gasteiger partial charge >= 0.3 is 0 Å². The third-order valence-corrected chi connectivity index (χ3v) is 4.46. The molecule has 0 bridgehead atoms. The second-order valence-corrected chi connectivity index (χ2v) is 6.19. The lowest BCUT2D eigenvalue weighted by molar-refractivity contribution is 0.0897. The number of amides is 1. The van der Waals surface area contributed by atoms with Gasteiger partial charge in [-0.1, -0.05) is 6.07 Å². The number of rotatable bonds is 7. The van der Waals surface area contributed by atoms with Crippen LogP contribution in [0.25, 0.3) is 22.4 Å². The average Bonchev–Trinajstić information content (AvgIpc) is 2.97. The first-order chi connectivity index (χ1) is 13.3. The lowest BCUT2D eigenvalue weighted by Gasteiger charge is -2.09. The number of halogens is 1. The number of hydrogen-bond acceptors (Lipinski definition) is 4. The van der Waals surface area contributed by atoms with Crippen molar-refractivity contribution >= 4 is 16.9 Å². The molecule has 0 saturated carbocycles. The van der Waals surface area contributed by atoms with Gasteiger partial charge in [0.25, 0.3) is 5.91 Å². The topological polar surface area (TPSA) is 65.4 Å². The van der Waals surface area contributed by atoms with Crippen LogP contribution in [-0.2, 0) is 11.3 Å². The molecule has 1 aliphatic rings. The van der Waals surface area contributed by atoms with Crippen molar-refractivity contribution in [1.29, 1.82) is 0 Å². The molecule has 0 saturated heterocycles. The van der Waals surface area contributed by atoms with Crippen LogP contribution in [-0.4, -0.2) is 48.5 Å². The van der Waals surface area contributed by atoms with E-state index < -0.39 is 6.67 Å². The van der Waals surface area contributed by atoms with E-state index in [1.54, 1.807) is 0 Å². The number of aromatic nitrogens is 2. The summed E-state index contributed by atoms with van der Waals surface area (Å²) in [5, 5.41) is 2.92. The first-order valence-corrected chi connectivity index (χ1v) is 8.92. The lowest BCUT2D eigenvalue weighted by atomic mass is 10.1. The van der Waals surface area contributed by atoms with Crippen molar-refractivity contribution in [3.05, 3.63) is 48.0 Å². The van der Waals surface area contributed by atoms with Crippen LogP contribution >= 0.6 is 0 Å². The normalized spacial score (nSPS) is 13.4. The quantitative estimate of drug-likeness (QED) is 0.651. The van der Waals surface area contributed by atoms with Gasteiger partial charge in [-0.3, -0.25) is 4.79 Å². The van der Waals surface area contributed by atoms with E-state index in [1.807, 2.05) is 42.5 Å². The van der Waals surface area contributed by atoms with Crippen molar-refractivity contribution in [2.24, 2.45) is 0 Å². The fourth-order valence-electron chi connectivity index (χ4n) is 3.26. The molecular weight excluding hydrogens is 349 g/mol. The standard InChI is InChI=1S/C20H20FN3O3/c21-8-11-26-12-13-27-15-6-4-14(5-7-15)19-23-17-3-1-2-16-18(17)24(19)10-9-22-20(16)25/h1-7H,8-13H2,(H,22,25). The van der Waals surface area contributed by atoms with Crippen molar-refractivity contribution in [2.45, 2.75) is 6.54 Å². The molecule has 1 amide bonds. The maximum Gasteiger partial charge on any atom is 0.253 e. The summed E-state index contributed by atoms with van der Waals surface area (Å²) in [4.78, 5) is 17.0. The van der Waals surface area contributed by atoms with Gasteiger partial charge in [-0.2, -0.15) is 0 Å². The van der Waals surface area contributed by atoms with Gasteiger partial charge < -0.3 is 19.4 Å². The predicted octanol–water partition coefficient (Wildman–Crippen LogP) is 2.81. The summed E-state index contributed by atoms with van der Waals surface area (Å²) in [5.74, 6) is 1.48. The average molecular weight is 369 g/mol. The number of carbonyl (C=O) groups excluding carboxylic acids is 1. The van der Waals surface area contributed by atoms with Gasteiger partial charge in [0.2, 0.25) is 0 Å². The molecule has 7 heteroatoms. The highest BCUT2D eigenvalue weighted by Gasteiger charge is 2.21. The molecule has 2 heterocycles. The van der Waals surface area contributed by atoms with Gasteiger partial charge in [0.15, 0.2) is 0 Å². The Morgan fingerprint density at radius 2 is 1.96 bits per heavy atom. The Kier molecular flexibility index (Phi) is 5.02. The van der Waals surface area contributed by atoms with Crippen LogP contribution in [0.5, 0.6) is 5.75 Å². The Balaban J connectivity index is 1.58. The molecular formula is C20H20FN3O3. The summed E-state index contributed by atoms with van der Waals surface area (Å²) >= 11 is 0. The first-order valence-electron chi connectivity index (χ1n) is 8.92. The van der Waals surface area contributed by atoms with Crippen molar-refractivity contribution in [2.75, 3.05) is 33.0 Å². The number of alkyl halides is 1. The number of nitrogens with zero attached hydrogens (tertiary/aromatic N) is 2. The molecule has 0 atom stereocenters. The second-order valence-electron chi connectivity index (χ2n) is 6.19. The fraction of sp³-hybridized carbons (Fsp3) is 0.300. The summed E-state index contributed by atoms with van der Waals surface area (Å²) in [6.45, 7) is 1.56. The number of ether oxygens (including phenoxy) is 2. The largest absolute Gasteiger partial charge is 0.491 e. The molecule has 0 aliphatic carbocycles.